The van der Waals surface area contributed by atoms with Gasteiger partial charge in [0.15, 0.2) is 6.04 Å². The van der Waals surface area contributed by atoms with Crippen molar-refractivity contribution in [3.63, 3.8) is 0 Å². The monoisotopic (exact) mass is 200 g/mol. The van der Waals surface area contributed by atoms with E-state index in [1.165, 1.54) is 0 Å². The first-order valence-electron chi connectivity index (χ1n) is 5.57. The third-order valence-corrected chi connectivity index (χ3v) is 3.07. The van der Waals surface area contributed by atoms with Crippen molar-refractivity contribution in [2.24, 2.45) is 0 Å². The Balaban J connectivity index is 2.36. The Hall–Kier alpha value is -0.570. The molecule has 0 radical (unpaired) electrons. The van der Waals surface area contributed by atoms with E-state index in [1.54, 1.807) is 0 Å². The van der Waals surface area contributed by atoms with Crippen molar-refractivity contribution >= 4 is 5.97 Å². The maximum atomic E-state index is 11.7. The number of ether oxygens (including phenoxy) is 1. The van der Waals surface area contributed by atoms with E-state index >= 15 is 0 Å². The smallest absolute Gasteiger partial charge is 0.364 e. The molecule has 1 heterocycles. The van der Waals surface area contributed by atoms with E-state index in [0.29, 0.717) is 6.61 Å². The van der Waals surface area contributed by atoms with Crippen molar-refractivity contribution in [3.05, 3.63) is 0 Å². The summed E-state index contributed by atoms with van der Waals surface area (Å²) < 4.78 is 6.04. The molecule has 0 N–H and O–H groups in total. The molecule has 0 aromatic heterocycles. The van der Waals surface area contributed by atoms with Crippen LogP contribution >= 0.6 is 0 Å². The predicted octanol–water partition coefficient (Wildman–Crippen LogP) is 1.57. The van der Waals surface area contributed by atoms with E-state index in [9.17, 15) is 4.79 Å². The molecule has 1 rings (SSSR count). The van der Waals surface area contributed by atoms with Gasteiger partial charge in [0, 0.05) is 12.8 Å². The minimum absolute atomic E-state index is 0.000880. The Kier molecular flexibility index (Phi) is 3.93. The molecule has 1 saturated heterocycles. The van der Waals surface area contributed by atoms with Gasteiger partial charge in [-0.3, -0.25) is 0 Å². The second kappa shape index (κ2) is 4.78. The number of carbonyl (C=O) groups is 1. The molecule has 1 aliphatic rings. The Morgan fingerprint density at radius 1 is 1.50 bits per heavy atom. The lowest BCUT2D eigenvalue weighted by Crippen LogP contribution is -2.48. The number of likely N-dealkylation sites (tertiary alicyclic amines) is 1. The summed E-state index contributed by atoms with van der Waals surface area (Å²) in [6, 6.07) is 0.0758. The van der Waals surface area contributed by atoms with Crippen LogP contribution in [0.1, 0.15) is 32.6 Å². The molecule has 82 valence electrons. The number of hydrogen-bond donors (Lipinski definition) is 0. The van der Waals surface area contributed by atoms with Crippen molar-refractivity contribution in [2.75, 3.05) is 27.2 Å². The van der Waals surface area contributed by atoms with Gasteiger partial charge in [0.05, 0.1) is 27.2 Å². The van der Waals surface area contributed by atoms with Crippen LogP contribution in [-0.2, 0) is 9.53 Å². The highest BCUT2D eigenvalue weighted by Gasteiger charge is 2.40. The van der Waals surface area contributed by atoms with E-state index in [1.807, 2.05) is 0 Å². The zero-order valence-corrected chi connectivity index (χ0v) is 9.58. The molecule has 1 atom stereocenters. The molecule has 3 heteroatoms. The van der Waals surface area contributed by atoms with Gasteiger partial charge in [0.1, 0.15) is 0 Å². The van der Waals surface area contributed by atoms with Crippen LogP contribution in [0.4, 0.5) is 0 Å². The summed E-state index contributed by atoms with van der Waals surface area (Å²) in [5.41, 5.74) is 0. The maximum Gasteiger partial charge on any atom is 0.364 e. The number of nitrogens with zero attached hydrogens (tertiary/aromatic N) is 1. The normalized spacial score (nSPS) is 24.9. The molecule has 0 spiro atoms. The van der Waals surface area contributed by atoms with Crippen LogP contribution in [-0.4, -0.2) is 43.7 Å². The first-order valence-corrected chi connectivity index (χ1v) is 5.57. The Morgan fingerprint density at radius 2 is 2.21 bits per heavy atom. The Morgan fingerprint density at radius 3 is 2.71 bits per heavy atom. The van der Waals surface area contributed by atoms with Crippen LogP contribution in [0.5, 0.6) is 0 Å². The van der Waals surface area contributed by atoms with Crippen LogP contribution < -0.4 is 0 Å². The van der Waals surface area contributed by atoms with Gasteiger partial charge in [-0.25, -0.2) is 4.79 Å². The zero-order valence-electron chi connectivity index (χ0n) is 9.58. The fourth-order valence-electron chi connectivity index (χ4n) is 2.01. The quantitative estimate of drug-likeness (QED) is 0.391. The minimum atomic E-state index is 0.000880. The third-order valence-electron chi connectivity index (χ3n) is 3.07. The summed E-state index contributed by atoms with van der Waals surface area (Å²) >= 11 is 0. The van der Waals surface area contributed by atoms with E-state index in [4.69, 9.17) is 4.74 Å². The lowest BCUT2D eigenvalue weighted by atomic mass is 10.2. The highest BCUT2D eigenvalue weighted by molar-refractivity contribution is 5.74. The van der Waals surface area contributed by atoms with Gasteiger partial charge in [-0.15, -0.1) is 0 Å². The molecule has 14 heavy (non-hydrogen) atoms. The van der Waals surface area contributed by atoms with Crippen LogP contribution in [0.25, 0.3) is 0 Å². The molecule has 0 bridgehead atoms. The topological polar surface area (TPSA) is 26.3 Å². The zero-order chi connectivity index (χ0) is 10.6. The summed E-state index contributed by atoms with van der Waals surface area (Å²) in [6.07, 6.45) is 4.18. The van der Waals surface area contributed by atoms with Crippen molar-refractivity contribution < 1.29 is 14.0 Å². The Bertz CT molecular complexity index is 201. The molecule has 1 unspecified atom stereocenters. The second-order valence-corrected chi connectivity index (χ2v) is 4.68. The number of quaternary nitrogens is 1. The fourth-order valence-corrected chi connectivity index (χ4v) is 2.01. The summed E-state index contributed by atoms with van der Waals surface area (Å²) in [5.74, 6) is 0.000880. The van der Waals surface area contributed by atoms with Crippen molar-refractivity contribution in [1.82, 2.24) is 0 Å². The van der Waals surface area contributed by atoms with E-state index in [-0.39, 0.29) is 12.0 Å². The molecule has 0 saturated carbocycles. The third kappa shape index (κ3) is 2.71. The first-order chi connectivity index (χ1) is 6.58. The molecular formula is C11H22NO2+. The van der Waals surface area contributed by atoms with E-state index < -0.39 is 0 Å². The highest BCUT2D eigenvalue weighted by Crippen LogP contribution is 2.23. The van der Waals surface area contributed by atoms with Gasteiger partial charge in [-0.05, 0) is 6.42 Å². The maximum absolute atomic E-state index is 11.7. The average molecular weight is 200 g/mol. The summed E-state index contributed by atoms with van der Waals surface area (Å²) in [4.78, 5) is 11.7. The number of hydrogen-bond acceptors (Lipinski definition) is 2. The van der Waals surface area contributed by atoms with Gasteiger partial charge in [0.2, 0.25) is 0 Å². The van der Waals surface area contributed by atoms with Gasteiger partial charge < -0.3 is 9.22 Å². The molecule has 0 aromatic carbocycles. The van der Waals surface area contributed by atoms with Crippen LogP contribution in [0.2, 0.25) is 0 Å². The average Bonchev–Trinajstić information content (AvgIpc) is 2.45. The summed E-state index contributed by atoms with van der Waals surface area (Å²) in [6.45, 7) is 3.78. The molecule has 0 amide bonds. The van der Waals surface area contributed by atoms with E-state index in [0.717, 1.165) is 36.7 Å². The van der Waals surface area contributed by atoms with Crippen molar-refractivity contribution in [1.29, 1.82) is 0 Å². The number of likely N-dealkylation sites (N-methyl/N-ethyl adjacent to an activating group) is 1. The second-order valence-electron chi connectivity index (χ2n) is 4.68. The lowest BCUT2D eigenvalue weighted by molar-refractivity contribution is -0.893. The largest absolute Gasteiger partial charge is 0.461 e. The molecule has 0 aromatic rings. The van der Waals surface area contributed by atoms with Gasteiger partial charge in [0.25, 0.3) is 0 Å². The molecule has 3 nitrogen and oxygen atoms in total. The van der Waals surface area contributed by atoms with Crippen LogP contribution in [0.3, 0.4) is 0 Å². The SMILES string of the molecule is CCCCOC(=O)C1CCC[N+]1(C)C. The minimum Gasteiger partial charge on any atom is -0.461 e. The lowest BCUT2D eigenvalue weighted by Gasteiger charge is -2.29. The van der Waals surface area contributed by atoms with E-state index in [2.05, 4.69) is 21.0 Å². The highest BCUT2D eigenvalue weighted by atomic mass is 16.5. The van der Waals surface area contributed by atoms with Crippen LogP contribution in [0.15, 0.2) is 0 Å². The summed E-state index contributed by atoms with van der Waals surface area (Å²) in [7, 11) is 4.22. The van der Waals surface area contributed by atoms with Gasteiger partial charge in [-0.1, -0.05) is 13.3 Å². The number of carbonyl (C=O) groups excluding carboxylic acids is 1. The first kappa shape index (κ1) is 11.5. The number of rotatable bonds is 4. The van der Waals surface area contributed by atoms with Gasteiger partial charge >= 0.3 is 5.97 Å². The standard InChI is InChI=1S/C11H22NO2/c1-4-5-9-14-11(13)10-7-6-8-12(10,2)3/h10H,4-9H2,1-3H3/q+1. The number of esters is 1. The molecule has 0 aliphatic carbocycles. The van der Waals surface area contributed by atoms with Gasteiger partial charge in [-0.2, -0.15) is 0 Å². The van der Waals surface area contributed by atoms with Crippen molar-refractivity contribution in [2.45, 2.75) is 38.6 Å². The molecule has 1 fully saturated rings. The molecular weight excluding hydrogens is 178 g/mol. The van der Waals surface area contributed by atoms with Crippen LogP contribution in [0, 0.1) is 0 Å². The Labute approximate surface area is 86.6 Å². The molecule has 1 aliphatic heterocycles. The predicted molar refractivity (Wildman–Crippen MR) is 55.9 cm³/mol. The van der Waals surface area contributed by atoms with Crippen molar-refractivity contribution in [3.8, 4) is 0 Å². The fraction of sp³-hybridized carbons (Fsp3) is 0.909. The summed E-state index contributed by atoms with van der Waals surface area (Å²) in [5, 5.41) is 0. The number of unbranched alkanes of at least 4 members (excludes halogenated alkanes) is 1.